The highest BCUT2D eigenvalue weighted by atomic mass is 32.2. The van der Waals surface area contributed by atoms with E-state index < -0.39 is 16.1 Å². The fraction of sp³-hybridized carbons (Fsp3) is 0.571. The highest BCUT2D eigenvalue weighted by molar-refractivity contribution is 7.89. The molecule has 1 rings (SSSR count). The third-order valence-electron chi connectivity index (χ3n) is 2.72. The van der Waals surface area contributed by atoms with Crippen LogP contribution in [0.1, 0.15) is 33.6 Å². The molecule has 3 N–H and O–H groups in total. The van der Waals surface area contributed by atoms with Crippen molar-refractivity contribution in [1.82, 2.24) is 4.72 Å². The van der Waals surface area contributed by atoms with Crippen molar-refractivity contribution in [2.45, 2.75) is 50.7 Å². The molecule has 0 saturated carbocycles. The predicted octanol–water partition coefficient (Wildman–Crippen LogP) is 1.95. The number of benzene rings is 1. The third kappa shape index (κ3) is 5.11. The molecule has 6 heteroatoms. The van der Waals surface area contributed by atoms with Crippen molar-refractivity contribution in [1.29, 1.82) is 0 Å². The van der Waals surface area contributed by atoms with Crippen molar-refractivity contribution in [2.24, 2.45) is 0 Å². The van der Waals surface area contributed by atoms with Gasteiger partial charge >= 0.3 is 0 Å². The normalized spacial score (nSPS) is 13.4. The Kier molecular flexibility index (Phi) is 6.45. The third-order valence-corrected chi connectivity index (χ3v) is 4.43. The van der Waals surface area contributed by atoms with E-state index in [0.29, 0.717) is 18.7 Å². The SMILES string of the molecule is CCCC(O)CNc1ccccc1S(=O)(=O)NC(C)C. The molecule has 1 aromatic carbocycles. The van der Waals surface area contributed by atoms with E-state index in [1.54, 1.807) is 38.1 Å². The minimum atomic E-state index is -3.54. The highest BCUT2D eigenvalue weighted by Crippen LogP contribution is 2.21. The molecular formula is C14H24N2O3S. The first-order chi connectivity index (χ1) is 9.36. The summed E-state index contributed by atoms with van der Waals surface area (Å²) in [5, 5.41) is 12.7. The first-order valence-corrected chi connectivity index (χ1v) is 8.38. The molecule has 0 spiro atoms. The number of nitrogens with one attached hydrogen (secondary N) is 2. The maximum absolute atomic E-state index is 12.2. The zero-order chi connectivity index (χ0) is 15.2. The molecule has 1 atom stereocenters. The van der Waals surface area contributed by atoms with E-state index in [-0.39, 0.29) is 10.9 Å². The molecule has 114 valence electrons. The Labute approximate surface area is 121 Å². The minimum Gasteiger partial charge on any atom is -0.391 e. The molecule has 0 saturated heterocycles. The Balaban J connectivity index is 2.88. The van der Waals surface area contributed by atoms with Gasteiger partial charge in [-0.1, -0.05) is 25.5 Å². The van der Waals surface area contributed by atoms with Gasteiger partial charge in [-0.3, -0.25) is 0 Å². The topological polar surface area (TPSA) is 78.4 Å². The van der Waals surface area contributed by atoms with Crippen LogP contribution in [0.4, 0.5) is 5.69 Å². The first-order valence-electron chi connectivity index (χ1n) is 6.90. The van der Waals surface area contributed by atoms with Crippen molar-refractivity contribution < 1.29 is 13.5 Å². The lowest BCUT2D eigenvalue weighted by Gasteiger charge is -2.16. The van der Waals surface area contributed by atoms with Gasteiger partial charge in [0, 0.05) is 12.6 Å². The second-order valence-corrected chi connectivity index (χ2v) is 6.78. The maximum atomic E-state index is 12.2. The van der Waals surface area contributed by atoms with Crippen LogP contribution in [-0.4, -0.2) is 32.2 Å². The van der Waals surface area contributed by atoms with Gasteiger partial charge in [-0.15, -0.1) is 0 Å². The summed E-state index contributed by atoms with van der Waals surface area (Å²) in [7, 11) is -3.54. The largest absolute Gasteiger partial charge is 0.391 e. The summed E-state index contributed by atoms with van der Waals surface area (Å²) in [6, 6.07) is 6.54. The summed E-state index contributed by atoms with van der Waals surface area (Å²) in [6.45, 7) is 5.88. The molecule has 5 nitrogen and oxygen atoms in total. The van der Waals surface area contributed by atoms with E-state index in [4.69, 9.17) is 0 Å². The smallest absolute Gasteiger partial charge is 0.242 e. The molecule has 0 aromatic heterocycles. The molecule has 0 heterocycles. The van der Waals surface area contributed by atoms with E-state index in [1.807, 2.05) is 6.92 Å². The Bertz CT molecular complexity index is 515. The Morgan fingerprint density at radius 2 is 1.90 bits per heavy atom. The number of para-hydroxylation sites is 1. The molecule has 0 aliphatic rings. The molecule has 0 amide bonds. The van der Waals surface area contributed by atoms with Gasteiger partial charge in [-0.2, -0.15) is 0 Å². The van der Waals surface area contributed by atoms with Crippen molar-refractivity contribution in [3.05, 3.63) is 24.3 Å². The van der Waals surface area contributed by atoms with Gasteiger partial charge in [-0.25, -0.2) is 13.1 Å². The van der Waals surface area contributed by atoms with E-state index in [1.165, 1.54) is 0 Å². The predicted molar refractivity (Wildman–Crippen MR) is 81.3 cm³/mol. The number of aliphatic hydroxyl groups excluding tert-OH is 1. The van der Waals surface area contributed by atoms with Crippen LogP contribution < -0.4 is 10.0 Å². The van der Waals surface area contributed by atoms with Crippen LogP contribution in [0.3, 0.4) is 0 Å². The van der Waals surface area contributed by atoms with Crippen molar-refractivity contribution >= 4 is 15.7 Å². The Morgan fingerprint density at radius 3 is 2.50 bits per heavy atom. The second-order valence-electron chi connectivity index (χ2n) is 5.10. The van der Waals surface area contributed by atoms with Crippen LogP contribution in [0.5, 0.6) is 0 Å². The monoisotopic (exact) mass is 300 g/mol. The van der Waals surface area contributed by atoms with Gasteiger partial charge in [-0.05, 0) is 32.4 Å². The van der Waals surface area contributed by atoms with E-state index >= 15 is 0 Å². The fourth-order valence-corrected chi connectivity index (χ4v) is 3.32. The number of sulfonamides is 1. The summed E-state index contributed by atoms with van der Waals surface area (Å²) in [4.78, 5) is 0.206. The molecule has 1 unspecified atom stereocenters. The highest BCUT2D eigenvalue weighted by Gasteiger charge is 2.19. The van der Waals surface area contributed by atoms with Crippen LogP contribution in [0.15, 0.2) is 29.2 Å². The first kappa shape index (κ1) is 16.9. The van der Waals surface area contributed by atoms with Gasteiger partial charge in [0.25, 0.3) is 0 Å². The summed E-state index contributed by atoms with van der Waals surface area (Å²) < 4.78 is 27.0. The van der Waals surface area contributed by atoms with Crippen LogP contribution in [0.25, 0.3) is 0 Å². The molecular weight excluding hydrogens is 276 g/mol. The number of anilines is 1. The molecule has 0 aliphatic heterocycles. The van der Waals surface area contributed by atoms with Gasteiger partial charge < -0.3 is 10.4 Å². The van der Waals surface area contributed by atoms with E-state index in [0.717, 1.165) is 6.42 Å². The second kappa shape index (κ2) is 7.61. The van der Waals surface area contributed by atoms with Gasteiger partial charge in [0.15, 0.2) is 0 Å². The molecule has 0 bridgehead atoms. The van der Waals surface area contributed by atoms with E-state index in [2.05, 4.69) is 10.0 Å². The lowest BCUT2D eigenvalue weighted by molar-refractivity contribution is 0.176. The molecule has 0 radical (unpaired) electrons. The maximum Gasteiger partial charge on any atom is 0.242 e. The van der Waals surface area contributed by atoms with Crippen LogP contribution >= 0.6 is 0 Å². The average Bonchev–Trinajstić information content (AvgIpc) is 2.35. The number of aliphatic hydroxyl groups is 1. The van der Waals surface area contributed by atoms with Gasteiger partial charge in [0.1, 0.15) is 4.90 Å². The van der Waals surface area contributed by atoms with Crippen molar-refractivity contribution in [3.8, 4) is 0 Å². The van der Waals surface area contributed by atoms with Gasteiger partial charge in [0.2, 0.25) is 10.0 Å². The summed E-state index contributed by atoms with van der Waals surface area (Å²) in [5.74, 6) is 0. The molecule has 20 heavy (non-hydrogen) atoms. The molecule has 0 aliphatic carbocycles. The zero-order valence-electron chi connectivity index (χ0n) is 12.3. The van der Waals surface area contributed by atoms with Crippen LogP contribution in [0, 0.1) is 0 Å². The molecule has 1 aromatic rings. The van der Waals surface area contributed by atoms with Crippen molar-refractivity contribution in [2.75, 3.05) is 11.9 Å². The van der Waals surface area contributed by atoms with Crippen LogP contribution in [0.2, 0.25) is 0 Å². The summed E-state index contributed by atoms with van der Waals surface area (Å²) in [5.41, 5.74) is 0.510. The average molecular weight is 300 g/mol. The zero-order valence-corrected chi connectivity index (χ0v) is 13.1. The molecule has 0 fully saturated rings. The Morgan fingerprint density at radius 1 is 1.25 bits per heavy atom. The number of hydrogen-bond acceptors (Lipinski definition) is 4. The fourth-order valence-electron chi connectivity index (χ4n) is 1.88. The van der Waals surface area contributed by atoms with Crippen LogP contribution in [-0.2, 0) is 10.0 Å². The van der Waals surface area contributed by atoms with Crippen molar-refractivity contribution in [3.63, 3.8) is 0 Å². The lowest BCUT2D eigenvalue weighted by atomic mass is 10.2. The number of hydrogen-bond donors (Lipinski definition) is 3. The summed E-state index contributed by atoms with van der Waals surface area (Å²) >= 11 is 0. The Hall–Kier alpha value is -1.11. The standard InChI is InChI=1S/C14H24N2O3S/c1-4-7-12(17)10-15-13-8-5-6-9-14(13)20(18,19)16-11(2)3/h5-6,8-9,11-12,15-17H,4,7,10H2,1-3H3. The summed E-state index contributed by atoms with van der Waals surface area (Å²) in [6.07, 6.45) is 1.10. The van der Waals surface area contributed by atoms with E-state index in [9.17, 15) is 13.5 Å². The number of rotatable bonds is 8. The van der Waals surface area contributed by atoms with Gasteiger partial charge in [0.05, 0.1) is 11.8 Å². The quantitative estimate of drug-likeness (QED) is 0.685. The minimum absolute atomic E-state index is 0.168. The lowest BCUT2D eigenvalue weighted by Crippen LogP contribution is -2.31.